The SMILES string of the molecule is O=C([O-])CNC(=O)CN1C(=O)c2cc(Cl)c(Cl)cc2C1=O. The molecule has 3 amide bonds. The topological polar surface area (TPSA) is 107 Å². The Bertz CT molecular complexity index is 633. The largest absolute Gasteiger partial charge is 0.548 e. The fourth-order valence-electron chi connectivity index (χ4n) is 1.80. The molecule has 0 radical (unpaired) electrons. The number of fused-ring (bicyclic) bond motifs is 1. The number of aliphatic carboxylic acids is 1. The summed E-state index contributed by atoms with van der Waals surface area (Å²) < 4.78 is 0. The Labute approximate surface area is 128 Å². The molecule has 21 heavy (non-hydrogen) atoms. The molecule has 0 unspecified atom stereocenters. The van der Waals surface area contributed by atoms with Crippen LogP contribution < -0.4 is 10.4 Å². The van der Waals surface area contributed by atoms with E-state index >= 15 is 0 Å². The van der Waals surface area contributed by atoms with Crippen LogP contribution in [0.4, 0.5) is 0 Å². The number of imide groups is 1. The fraction of sp³-hybridized carbons (Fsp3) is 0.167. The van der Waals surface area contributed by atoms with Crippen LogP contribution in [0.15, 0.2) is 12.1 Å². The number of carbonyl (C=O) groups is 4. The lowest BCUT2D eigenvalue weighted by atomic mass is 10.1. The Morgan fingerprint density at radius 3 is 2.00 bits per heavy atom. The van der Waals surface area contributed by atoms with Crippen LogP contribution in [0.25, 0.3) is 0 Å². The van der Waals surface area contributed by atoms with Gasteiger partial charge < -0.3 is 15.2 Å². The van der Waals surface area contributed by atoms with Gasteiger partial charge in [0, 0.05) is 0 Å². The summed E-state index contributed by atoms with van der Waals surface area (Å²) in [7, 11) is 0. The van der Waals surface area contributed by atoms with E-state index in [1.165, 1.54) is 12.1 Å². The molecule has 1 aromatic rings. The minimum absolute atomic E-state index is 0.0436. The van der Waals surface area contributed by atoms with Crippen molar-refractivity contribution in [3.8, 4) is 0 Å². The second-order valence-corrected chi connectivity index (χ2v) is 4.97. The Balaban J connectivity index is 2.18. The number of carboxylic acids is 1. The van der Waals surface area contributed by atoms with Crippen LogP contribution in [-0.2, 0) is 9.59 Å². The number of rotatable bonds is 4. The molecule has 1 heterocycles. The van der Waals surface area contributed by atoms with Crippen LogP contribution in [0.2, 0.25) is 10.0 Å². The summed E-state index contributed by atoms with van der Waals surface area (Å²) >= 11 is 11.6. The summed E-state index contributed by atoms with van der Waals surface area (Å²) in [5.41, 5.74) is 0.0872. The first-order chi connectivity index (χ1) is 9.81. The third-order valence-electron chi connectivity index (χ3n) is 2.74. The monoisotopic (exact) mass is 329 g/mol. The molecule has 9 heteroatoms. The van der Waals surface area contributed by atoms with Gasteiger partial charge in [0.2, 0.25) is 5.91 Å². The van der Waals surface area contributed by atoms with Gasteiger partial charge >= 0.3 is 0 Å². The van der Waals surface area contributed by atoms with Crippen molar-refractivity contribution in [1.29, 1.82) is 0 Å². The van der Waals surface area contributed by atoms with E-state index in [4.69, 9.17) is 23.2 Å². The lowest BCUT2D eigenvalue weighted by Crippen LogP contribution is -2.44. The summed E-state index contributed by atoms with van der Waals surface area (Å²) in [6, 6.07) is 2.50. The van der Waals surface area contributed by atoms with E-state index in [1.54, 1.807) is 0 Å². The second kappa shape index (κ2) is 5.71. The van der Waals surface area contributed by atoms with Gasteiger partial charge in [-0.2, -0.15) is 0 Å². The van der Waals surface area contributed by atoms with E-state index in [0.29, 0.717) is 4.90 Å². The number of benzene rings is 1. The Morgan fingerprint density at radius 1 is 1.10 bits per heavy atom. The first-order valence-electron chi connectivity index (χ1n) is 5.63. The second-order valence-electron chi connectivity index (χ2n) is 4.16. The predicted molar refractivity (Wildman–Crippen MR) is 69.8 cm³/mol. The molecular formula is C12H7Cl2N2O5-. The predicted octanol–water partition coefficient (Wildman–Crippen LogP) is -0.544. The molecule has 0 bridgehead atoms. The lowest BCUT2D eigenvalue weighted by Gasteiger charge is -2.13. The fourth-order valence-corrected chi connectivity index (χ4v) is 2.12. The lowest BCUT2D eigenvalue weighted by molar-refractivity contribution is -0.304. The number of nitrogens with zero attached hydrogens (tertiary/aromatic N) is 1. The van der Waals surface area contributed by atoms with Crippen molar-refractivity contribution < 1.29 is 24.3 Å². The van der Waals surface area contributed by atoms with Crippen LogP contribution in [-0.4, -0.2) is 41.7 Å². The van der Waals surface area contributed by atoms with Gasteiger partial charge in [-0.1, -0.05) is 23.2 Å². The molecule has 110 valence electrons. The number of hydrogen-bond acceptors (Lipinski definition) is 5. The molecule has 0 aliphatic carbocycles. The van der Waals surface area contributed by atoms with Crippen molar-refractivity contribution >= 4 is 46.9 Å². The zero-order chi connectivity index (χ0) is 15.7. The molecule has 0 saturated carbocycles. The molecule has 2 rings (SSSR count). The van der Waals surface area contributed by atoms with Gasteiger partial charge in [-0.3, -0.25) is 19.3 Å². The van der Waals surface area contributed by atoms with Gasteiger partial charge in [0.05, 0.1) is 33.7 Å². The van der Waals surface area contributed by atoms with Gasteiger partial charge in [-0.25, -0.2) is 0 Å². The highest BCUT2D eigenvalue weighted by Crippen LogP contribution is 2.31. The van der Waals surface area contributed by atoms with E-state index in [0.717, 1.165) is 0 Å². The molecule has 0 saturated heterocycles. The number of amides is 3. The molecule has 1 aliphatic rings. The van der Waals surface area contributed by atoms with Gasteiger partial charge in [0.1, 0.15) is 6.54 Å². The van der Waals surface area contributed by atoms with Gasteiger partial charge in [0.15, 0.2) is 0 Å². The van der Waals surface area contributed by atoms with Crippen molar-refractivity contribution in [1.82, 2.24) is 10.2 Å². The van der Waals surface area contributed by atoms with E-state index < -0.39 is 36.8 Å². The van der Waals surface area contributed by atoms with Crippen LogP contribution in [0.3, 0.4) is 0 Å². The van der Waals surface area contributed by atoms with Gasteiger partial charge in [-0.15, -0.1) is 0 Å². The third kappa shape index (κ3) is 2.98. The Kier molecular flexibility index (Phi) is 4.15. The standard InChI is InChI=1S/C12H8Cl2N2O5/c13-7-1-5-6(2-8(7)14)12(21)16(11(5)20)4-9(17)15-3-10(18)19/h1-2H,3-4H2,(H,15,17)(H,18,19)/p-1. The quantitative estimate of drug-likeness (QED) is 0.746. The average Bonchev–Trinajstić information content (AvgIpc) is 2.63. The van der Waals surface area contributed by atoms with Crippen molar-refractivity contribution in [2.45, 2.75) is 0 Å². The first kappa shape index (κ1) is 15.3. The maximum Gasteiger partial charge on any atom is 0.262 e. The van der Waals surface area contributed by atoms with Crippen LogP contribution >= 0.6 is 23.2 Å². The average molecular weight is 330 g/mol. The van der Waals surface area contributed by atoms with E-state index in [2.05, 4.69) is 0 Å². The third-order valence-corrected chi connectivity index (χ3v) is 3.47. The normalized spacial score (nSPS) is 13.3. The Hall–Kier alpha value is -2.12. The number of carboxylic acid groups (broad SMARTS) is 1. The molecule has 7 nitrogen and oxygen atoms in total. The van der Waals surface area contributed by atoms with Crippen LogP contribution in [0, 0.1) is 0 Å². The minimum Gasteiger partial charge on any atom is -0.548 e. The number of nitrogens with one attached hydrogen (secondary N) is 1. The highest BCUT2D eigenvalue weighted by Gasteiger charge is 2.37. The molecular weight excluding hydrogens is 323 g/mol. The van der Waals surface area contributed by atoms with Crippen molar-refractivity contribution in [3.05, 3.63) is 33.3 Å². The van der Waals surface area contributed by atoms with Crippen LogP contribution in [0.1, 0.15) is 20.7 Å². The van der Waals surface area contributed by atoms with Crippen molar-refractivity contribution in [2.24, 2.45) is 0 Å². The van der Waals surface area contributed by atoms with Crippen molar-refractivity contribution in [3.63, 3.8) is 0 Å². The highest BCUT2D eigenvalue weighted by molar-refractivity contribution is 6.43. The molecule has 1 N–H and O–H groups in total. The smallest absolute Gasteiger partial charge is 0.262 e. The zero-order valence-corrected chi connectivity index (χ0v) is 11.8. The molecule has 0 fully saturated rings. The first-order valence-corrected chi connectivity index (χ1v) is 6.38. The van der Waals surface area contributed by atoms with Gasteiger partial charge in [0.25, 0.3) is 11.8 Å². The zero-order valence-electron chi connectivity index (χ0n) is 10.3. The molecule has 1 aromatic carbocycles. The maximum atomic E-state index is 12.0. The number of hydrogen-bond donors (Lipinski definition) is 1. The van der Waals surface area contributed by atoms with Gasteiger partial charge in [-0.05, 0) is 12.1 Å². The van der Waals surface area contributed by atoms with Crippen molar-refractivity contribution in [2.75, 3.05) is 13.1 Å². The van der Waals surface area contributed by atoms with E-state index in [1.807, 2.05) is 5.32 Å². The molecule has 0 spiro atoms. The molecule has 0 aromatic heterocycles. The number of halogens is 2. The summed E-state index contributed by atoms with van der Waals surface area (Å²) in [6.45, 7) is -1.31. The highest BCUT2D eigenvalue weighted by atomic mass is 35.5. The van der Waals surface area contributed by atoms with E-state index in [9.17, 15) is 24.3 Å². The Morgan fingerprint density at radius 2 is 1.57 bits per heavy atom. The minimum atomic E-state index is -1.48. The summed E-state index contributed by atoms with van der Waals surface area (Å²) in [4.78, 5) is 46.5. The maximum absolute atomic E-state index is 12.0. The summed E-state index contributed by atoms with van der Waals surface area (Å²) in [5.74, 6) is -3.68. The molecule has 0 atom stereocenters. The van der Waals surface area contributed by atoms with Crippen LogP contribution in [0.5, 0.6) is 0 Å². The number of carbonyl (C=O) groups excluding carboxylic acids is 4. The van der Waals surface area contributed by atoms with E-state index in [-0.39, 0.29) is 21.2 Å². The summed E-state index contributed by atoms with van der Waals surface area (Å²) in [5, 5.41) is 12.4. The summed E-state index contributed by atoms with van der Waals surface area (Å²) in [6.07, 6.45) is 0. The molecule has 1 aliphatic heterocycles.